The molecule has 0 saturated carbocycles. The van der Waals surface area contributed by atoms with E-state index in [9.17, 15) is 0 Å². The van der Waals surface area contributed by atoms with E-state index >= 15 is 0 Å². The summed E-state index contributed by atoms with van der Waals surface area (Å²) in [6.45, 7) is 0. The van der Waals surface area contributed by atoms with Crippen LogP contribution in [0.25, 0.3) is 146 Å². The SMILES string of the molecule is Clc1cc(-c2ccccc2)nc(-c2ccccc2)n1.Clc1cncnc1.Clc1nc(-c2cccc3ccccc23)nc(-c2cccc3ccccc23)n1.Clc1nc(-c2ccccc2)nc(-c2ccc3ccccc3c2)n1.Clc1nc(-c2ccccc2)nc(-c2ccccc2)n1.Clc1nc(-c2ccccc2)nc2ccccc12.Clc1ncccn1. The molecule has 24 heteroatoms. The van der Waals surface area contributed by atoms with E-state index in [4.69, 9.17) is 86.2 Å². The van der Waals surface area contributed by atoms with Gasteiger partial charge in [-0.25, -0.2) is 54.8 Å². The Kier molecular flexibility index (Phi) is 28.3. The molecule has 0 amide bonds. The quantitative estimate of drug-likeness (QED) is 0.0968. The molecule has 119 heavy (non-hydrogen) atoms. The molecule has 0 atom stereocenters. The summed E-state index contributed by atoms with van der Waals surface area (Å²) in [5.74, 6) is 4.79. The second-order valence-corrected chi connectivity index (χ2v) is 27.9. The zero-order valence-corrected chi connectivity index (χ0v) is 67.8. The fourth-order valence-corrected chi connectivity index (χ4v) is 13.1. The fraction of sp³-hybridized carbons (Fsp3) is 0. The van der Waals surface area contributed by atoms with Crippen LogP contribution in [0, 0.1) is 0 Å². The van der Waals surface area contributed by atoms with Crippen molar-refractivity contribution in [1.29, 1.82) is 0 Å². The number of aromatic nitrogens is 17. The van der Waals surface area contributed by atoms with Crippen LogP contribution < -0.4 is 0 Å². The summed E-state index contributed by atoms with van der Waals surface area (Å²) < 4.78 is 0. The second-order valence-electron chi connectivity index (χ2n) is 25.4. The third-order valence-corrected chi connectivity index (χ3v) is 18.8. The Balaban J connectivity index is 0.000000118. The Labute approximate surface area is 719 Å². The molecule has 0 fully saturated rings. The fourth-order valence-electron chi connectivity index (χ4n) is 11.9. The molecule has 0 aliphatic heterocycles. The first-order chi connectivity index (χ1) is 58.4. The minimum absolute atomic E-state index is 0.191. The van der Waals surface area contributed by atoms with Gasteiger partial charge in [0.25, 0.3) is 0 Å². The summed E-state index contributed by atoms with van der Waals surface area (Å²) >= 11 is 41.4. The predicted molar refractivity (Wildman–Crippen MR) is 482 cm³/mol. The van der Waals surface area contributed by atoms with Gasteiger partial charge in [0.15, 0.2) is 46.6 Å². The topological polar surface area (TPSA) is 219 Å². The molecule has 17 nitrogen and oxygen atoms in total. The molecule has 576 valence electrons. The zero-order valence-electron chi connectivity index (χ0n) is 62.5. The van der Waals surface area contributed by atoms with Crippen molar-refractivity contribution in [2.45, 2.75) is 0 Å². The van der Waals surface area contributed by atoms with Gasteiger partial charge in [0.1, 0.15) is 16.6 Å². The highest BCUT2D eigenvalue weighted by molar-refractivity contribution is 6.34. The Morgan fingerprint density at radius 1 is 0.210 bits per heavy atom. The number of nitrogens with zero attached hydrogens (tertiary/aromatic N) is 17. The lowest BCUT2D eigenvalue weighted by molar-refractivity contribution is 1.07. The van der Waals surface area contributed by atoms with Gasteiger partial charge in [0, 0.05) is 86.3 Å². The van der Waals surface area contributed by atoms with Crippen molar-refractivity contribution in [3.63, 3.8) is 0 Å². The van der Waals surface area contributed by atoms with Crippen LogP contribution in [0.3, 0.4) is 0 Å². The number of para-hydroxylation sites is 1. The summed E-state index contributed by atoms with van der Waals surface area (Å²) in [5.41, 5.74) is 10.2. The van der Waals surface area contributed by atoms with Crippen molar-refractivity contribution in [2.75, 3.05) is 0 Å². The molecule has 13 aromatic carbocycles. The van der Waals surface area contributed by atoms with Gasteiger partial charge >= 0.3 is 0 Å². The molecule has 0 aliphatic rings. The van der Waals surface area contributed by atoms with E-state index in [1.54, 1.807) is 24.5 Å². The Hall–Kier alpha value is -13.7. The number of fused-ring (bicyclic) bond motifs is 4. The largest absolute Gasteiger partial charge is 0.243 e. The lowest BCUT2D eigenvalue weighted by atomic mass is 10.0. The van der Waals surface area contributed by atoms with Crippen LogP contribution in [0.4, 0.5) is 0 Å². The van der Waals surface area contributed by atoms with Crippen LogP contribution in [0.15, 0.2) is 377 Å². The molecule has 0 radical (unpaired) electrons. The van der Waals surface area contributed by atoms with Gasteiger partial charge in [-0.3, -0.25) is 0 Å². The van der Waals surface area contributed by atoms with Gasteiger partial charge in [0.05, 0.1) is 16.2 Å². The van der Waals surface area contributed by atoms with Gasteiger partial charge in [-0.1, -0.05) is 350 Å². The van der Waals surface area contributed by atoms with Crippen molar-refractivity contribution in [1.82, 2.24) is 84.7 Å². The van der Waals surface area contributed by atoms with E-state index in [0.29, 0.717) is 67.2 Å². The summed E-state index contributed by atoms with van der Waals surface area (Å²) in [4.78, 5) is 71.7. The van der Waals surface area contributed by atoms with Crippen molar-refractivity contribution < 1.29 is 0 Å². The first-order valence-corrected chi connectivity index (χ1v) is 39.3. The summed E-state index contributed by atoms with van der Waals surface area (Å²) in [6.07, 6.45) is 7.69. The summed E-state index contributed by atoms with van der Waals surface area (Å²) in [6, 6.07) is 113. The zero-order chi connectivity index (χ0) is 81.9. The molecule has 0 saturated heterocycles. The lowest BCUT2D eigenvalue weighted by Crippen LogP contribution is -1.98. The average Bonchev–Trinajstić information content (AvgIpc) is 0.790. The average molecular weight is 1690 g/mol. The normalized spacial score (nSPS) is 10.5. The van der Waals surface area contributed by atoms with Gasteiger partial charge in [-0.15, -0.1) is 0 Å². The molecule has 20 rings (SSSR count). The van der Waals surface area contributed by atoms with Crippen molar-refractivity contribution >= 4 is 124 Å². The maximum absolute atomic E-state index is 6.29. The van der Waals surface area contributed by atoms with Crippen LogP contribution in [0.1, 0.15) is 0 Å². The highest BCUT2D eigenvalue weighted by Gasteiger charge is 2.16. The molecule has 7 aromatic heterocycles. The molecule has 0 N–H and O–H groups in total. The highest BCUT2D eigenvalue weighted by Crippen LogP contribution is 2.34. The highest BCUT2D eigenvalue weighted by atomic mass is 35.5. The van der Waals surface area contributed by atoms with Crippen LogP contribution in [0.5, 0.6) is 0 Å². The van der Waals surface area contributed by atoms with Gasteiger partial charge in [0.2, 0.25) is 21.1 Å². The van der Waals surface area contributed by atoms with Crippen molar-refractivity contribution in [3.8, 4) is 102 Å². The number of benzene rings is 13. The van der Waals surface area contributed by atoms with E-state index in [1.807, 2.05) is 273 Å². The molecule has 0 aliphatic carbocycles. The van der Waals surface area contributed by atoms with Crippen LogP contribution in [-0.4, -0.2) is 84.7 Å². The number of halogens is 7. The second kappa shape index (κ2) is 41.2. The maximum atomic E-state index is 6.29. The first kappa shape index (κ1) is 81.8. The van der Waals surface area contributed by atoms with Gasteiger partial charge in [-0.05, 0) is 103 Å². The third-order valence-electron chi connectivity index (χ3n) is 17.4. The number of rotatable bonds is 9. The van der Waals surface area contributed by atoms with Gasteiger partial charge in [-0.2, -0.15) is 29.9 Å². The molecule has 0 bridgehead atoms. The number of hydrogen-bond acceptors (Lipinski definition) is 17. The van der Waals surface area contributed by atoms with Gasteiger partial charge < -0.3 is 0 Å². The Morgan fingerprint density at radius 3 is 0.992 bits per heavy atom. The Morgan fingerprint density at radius 2 is 0.563 bits per heavy atom. The molecular formula is C95H62Cl7N17. The molecule has 0 unspecified atom stereocenters. The summed E-state index contributed by atoms with van der Waals surface area (Å²) in [7, 11) is 0. The monoisotopic (exact) mass is 1690 g/mol. The third kappa shape index (κ3) is 22.7. The van der Waals surface area contributed by atoms with Crippen LogP contribution in [0.2, 0.25) is 36.5 Å². The molecular weight excluding hydrogens is 1630 g/mol. The number of hydrogen-bond donors (Lipinski definition) is 0. The van der Waals surface area contributed by atoms with Crippen LogP contribution >= 0.6 is 81.2 Å². The van der Waals surface area contributed by atoms with E-state index in [2.05, 4.69) is 140 Å². The van der Waals surface area contributed by atoms with E-state index in [-0.39, 0.29) is 15.9 Å². The summed E-state index contributed by atoms with van der Waals surface area (Å²) in [5, 5.41) is 10.1. The van der Waals surface area contributed by atoms with E-state index in [0.717, 1.165) is 93.6 Å². The van der Waals surface area contributed by atoms with Crippen molar-refractivity contribution in [3.05, 3.63) is 413 Å². The van der Waals surface area contributed by atoms with E-state index < -0.39 is 0 Å². The Bertz CT molecular complexity index is 6330. The molecule has 7 heterocycles. The molecule has 20 aromatic rings. The lowest BCUT2D eigenvalue weighted by Gasteiger charge is -2.09. The molecule has 0 spiro atoms. The van der Waals surface area contributed by atoms with E-state index in [1.165, 1.54) is 24.1 Å². The standard InChI is InChI=1S/C23H14ClN3.C19H12ClN3.C16H11ClN2.C15H10ClN3.C14H9ClN2.2C4H3ClN2/c24-23-26-21(19-13-5-9-15-7-1-3-11-17(15)19)25-22(27-23)20-14-6-10-16-8-2-4-12-18(16)20;20-19-22-17(14-7-2-1-3-8-14)21-18(23-19)16-11-10-13-6-4-5-9-15(13)12-16;17-15-11-14(12-7-3-1-4-8-12)18-16(19-15)13-9-5-2-6-10-13;16-15-18-13(11-7-3-1-4-8-11)17-14(19-15)12-9-5-2-6-10-12;15-13-11-8-4-5-9-12(11)16-14(17-13)10-6-2-1-3-7-10;5-4-1-6-3-7-2-4;5-4-6-2-1-3-7-4/h1-14H;1-12H;1-11H;1-10H;1-9H;2*1-3H. The smallest absolute Gasteiger partial charge is 0.226 e. The van der Waals surface area contributed by atoms with Crippen LogP contribution in [-0.2, 0) is 0 Å². The van der Waals surface area contributed by atoms with Crippen molar-refractivity contribution in [2.24, 2.45) is 0 Å². The minimum Gasteiger partial charge on any atom is -0.243 e. The minimum atomic E-state index is 0.191. The maximum Gasteiger partial charge on any atom is 0.226 e. The first-order valence-electron chi connectivity index (χ1n) is 36.7. The predicted octanol–water partition coefficient (Wildman–Crippen LogP) is 25.7.